The lowest BCUT2D eigenvalue weighted by atomic mass is 9.81. The number of carboxylic acids is 1. The number of hydrogen-bond donors (Lipinski definition) is 3. The third-order valence-corrected chi connectivity index (χ3v) is 5.85. The van der Waals surface area contributed by atoms with Gasteiger partial charge in [-0.15, -0.1) is 0 Å². The van der Waals surface area contributed by atoms with Crippen molar-refractivity contribution in [1.82, 2.24) is 9.71 Å². The van der Waals surface area contributed by atoms with Crippen LogP contribution in [0, 0.1) is 18.3 Å². The molecule has 3 N–H and O–H groups in total. The Morgan fingerprint density at radius 1 is 1.50 bits per heavy atom. The number of nitriles is 1. The maximum absolute atomic E-state index is 12.1. The van der Waals surface area contributed by atoms with Gasteiger partial charge in [0.05, 0.1) is 35.7 Å². The first-order chi connectivity index (χ1) is 13.1. The third kappa shape index (κ3) is 3.28. The van der Waals surface area contributed by atoms with Gasteiger partial charge in [-0.2, -0.15) is 9.98 Å². The molecule has 9 heteroatoms. The Kier molecular flexibility index (Phi) is 5.23. The Morgan fingerprint density at radius 3 is 2.79 bits per heavy atom. The van der Waals surface area contributed by atoms with Gasteiger partial charge in [0.25, 0.3) is 0 Å². The Balaban J connectivity index is 2.34. The number of aromatic amines is 1. The fourth-order valence-corrected chi connectivity index (χ4v) is 4.84. The average molecular weight is 405 g/mol. The van der Waals surface area contributed by atoms with Gasteiger partial charge >= 0.3 is 5.97 Å². The van der Waals surface area contributed by atoms with Gasteiger partial charge in [0.15, 0.2) is 6.04 Å². The molecule has 28 heavy (non-hydrogen) atoms. The lowest BCUT2D eigenvalue weighted by molar-refractivity contribution is -0.155. The highest BCUT2D eigenvalue weighted by Crippen LogP contribution is 2.44. The van der Waals surface area contributed by atoms with E-state index in [0.717, 1.165) is 28.3 Å². The predicted octanol–water partition coefficient (Wildman–Crippen LogP) is 1.92. The molecule has 3 rings (SSSR count). The molecular weight excluding hydrogens is 382 g/mol. The normalized spacial score (nSPS) is 20.5. The predicted molar refractivity (Wildman–Crippen MR) is 103 cm³/mol. The van der Waals surface area contributed by atoms with Crippen LogP contribution in [0.2, 0.25) is 0 Å². The number of fused-ring (bicyclic) bond motifs is 3. The van der Waals surface area contributed by atoms with E-state index in [9.17, 15) is 23.6 Å². The average Bonchev–Trinajstić information content (AvgIpc) is 3.01. The van der Waals surface area contributed by atoms with Crippen LogP contribution in [0.1, 0.15) is 42.1 Å². The lowest BCUT2D eigenvalue weighted by Gasteiger charge is -2.41. The Morgan fingerprint density at radius 2 is 2.21 bits per heavy atom. The molecular formula is C19H23N3O5S. The van der Waals surface area contributed by atoms with Crippen LogP contribution in [0.3, 0.4) is 0 Å². The number of ether oxygens (including phenoxy) is 1. The van der Waals surface area contributed by atoms with Crippen LogP contribution < -0.4 is 4.72 Å². The van der Waals surface area contributed by atoms with Crippen molar-refractivity contribution in [3.05, 3.63) is 34.5 Å². The number of carboxylic acid groups (broad SMARTS) is 1. The van der Waals surface area contributed by atoms with Crippen LogP contribution in [0.15, 0.2) is 12.1 Å². The molecule has 2 aromatic rings. The van der Waals surface area contributed by atoms with Crippen molar-refractivity contribution in [2.45, 2.75) is 44.8 Å². The molecule has 0 aliphatic carbocycles. The van der Waals surface area contributed by atoms with Crippen molar-refractivity contribution in [3.63, 3.8) is 0 Å². The lowest BCUT2D eigenvalue weighted by Crippen LogP contribution is -2.58. The van der Waals surface area contributed by atoms with Crippen molar-refractivity contribution in [2.75, 3.05) is 12.9 Å². The molecule has 0 radical (unpaired) electrons. The topological polar surface area (TPSA) is 132 Å². The highest BCUT2D eigenvalue weighted by atomic mass is 32.2. The van der Waals surface area contributed by atoms with Crippen LogP contribution in [0.5, 0.6) is 0 Å². The first kappa shape index (κ1) is 20.3. The number of carbonyl (C=O) groups is 1. The maximum Gasteiger partial charge on any atom is 0.325 e. The molecule has 0 saturated carbocycles. The van der Waals surface area contributed by atoms with E-state index in [4.69, 9.17) is 4.74 Å². The number of rotatable bonds is 6. The van der Waals surface area contributed by atoms with E-state index in [2.05, 4.69) is 15.8 Å². The summed E-state index contributed by atoms with van der Waals surface area (Å²) in [5, 5.41) is 20.2. The molecule has 0 spiro atoms. The molecule has 2 heterocycles. The number of sulfonamides is 1. The van der Waals surface area contributed by atoms with Crippen molar-refractivity contribution in [1.29, 1.82) is 5.26 Å². The van der Waals surface area contributed by atoms with E-state index in [0.29, 0.717) is 30.5 Å². The molecule has 0 saturated heterocycles. The van der Waals surface area contributed by atoms with E-state index in [1.165, 1.54) is 0 Å². The third-order valence-electron chi connectivity index (χ3n) is 5.19. The molecule has 0 amide bonds. The number of nitrogens with one attached hydrogen (secondary N) is 2. The maximum atomic E-state index is 12.1. The molecule has 1 aromatic carbocycles. The van der Waals surface area contributed by atoms with E-state index in [1.807, 2.05) is 19.9 Å². The summed E-state index contributed by atoms with van der Waals surface area (Å²) in [6.45, 7) is 4.01. The molecule has 1 aliphatic heterocycles. The van der Waals surface area contributed by atoms with Gasteiger partial charge in [-0.05, 0) is 37.0 Å². The monoisotopic (exact) mass is 405 g/mol. The van der Waals surface area contributed by atoms with Gasteiger partial charge in [-0.25, -0.2) is 8.42 Å². The van der Waals surface area contributed by atoms with Crippen molar-refractivity contribution >= 4 is 26.9 Å². The second kappa shape index (κ2) is 7.20. The Bertz CT molecular complexity index is 1080. The van der Waals surface area contributed by atoms with Crippen molar-refractivity contribution in [3.8, 4) is 6.07 Å². The number of nitrogens with zero attached hydrogens (tertiary/aromatic N) is 1. The molecule has 2 atom stereocenters. The minimum atomic E-state index is -3.80. The summed E-state index contributed by atoms with van der Waals surface area (Å²) in [4.78, 5) is 15.4. The number of hydrogen-bond acceptors (Lipinski definition) is 5. The first-order valence-corrected chi connectivity index (χ1v) is 10.9. The molecule has 0 fully saturated rings. The van der Waals surface area contributed by atoms with Gasteiger partial charge in [0, 0.05) is 5.39 Å². The zero-order valence-corrected chi connectivity index (χ0v) is 16.8. The van der Waals surface area contributed by atoms with Gasteiger partial charge in [0.1, 0.15) is 5.60 Å². The molecule has 150 valence electrons. The summed E-state index contributed by atoms with van der Waals surface area (Å²) in [6.07, 6.45) is 2.31. The van der Waals surface area contributed by atoms with E-state index in [-0.39, 0.29) is 6.61 Å². The summed E-state index contributed by atoms with van der Waals surface area (Å²) in [5.41, 5.74) is 2.11. The minimum absolute atomic E-state index is 0.230. The number of aromatic nitrogens is 1. The fourth-order valence-electron chi connectivity index (χ4n) is 4.12. The standard InChI is InChI=1S/C19H23N3O5S/c1-4-8-19(17(18(23)24)22-28(3,25)26)16-13(7-9-27-19)14-12(10-20)6-5-11(2)15(14)21-16/h5-6,17,21-22H,4,7-9H2,1-3H3,(H,23,24)/t17-,19-/m0/s1. The van der Waals surface area contributed by atoms with Crippen molar-refractivity contribution < 1.29 is 23.1 Å². The summed E-state index contributed by atoms with van der Waals surface area (Å²) in [7, 11) is -3.80. The second-order valence-corrected chi connectivity index (χ2v) is 8.95. The zero-order chi connectivity index (χ0) is 20.7. The summed E-state index contributed by atoms with van der Waals surface area (Å²) >= 11 is 0. The van der Waals surface area contributed by atoms with Crippen LogP contribution >= 0.6 is 0 Å². The summed E-state index contributed by atoms with van der Waals surface area (Å²) in [6, 6.07) is 4.26. The molecule has 0 unspecified atom stereocenters. The smallest absolute Gasteiger partial charge is 0.325 e. The molecule has 1 aromatic heterocycles. The summed E-state index contributed by atoms with van der Waals surface area (Å²) in [5.74, 6) is -1.32. The van der Waals surface area contributed by atoms with Gasteiger partial charge < -0.3 is 14.8 Å². The summed E-state index contributed by atoms with van der Waals surface area (Å²) < 4.78 is 32.0. The highest BCUT2D eigenvalue weighted by molar-refractivity contribution is 7.88. The minimum Gasteiger partial charge on any atom is -0.480 e. The molecule has 1 aliphatic rings. The number of benzene rings is 1. The number of aryl methyl sites for hydroxylation is 1. The molecule has 0 bridgehead atoms. The van der Waals surface area contributed by atoms with Crippen molar-refractivity contribution in [2.24, 2.45) is 0 Å². The number of aliphatic carboxylic acids is 1. The van der Waals surface area contributed by atoms with Gasteiger partial charge in [-0.3, -0.25) is 4.79 Å². The van der Waals surface area contributed by atoms with E-state index >= 15 is 0 Å². The van der Waals surface area contributed by atoms with Gasteiger partial charge in [0.2, 0.25) is 10.0 Å². The number of H-pyrrole nitrogens is 1. The quantitative estimate of drug-likeness (QED) is 0.673. The SMILES string of the molecule is CCC[C@]1([C@@H](NS(C)(=O)=O)C(=O)O)OCCc2c1[nH]c1c(C)ccc(C#N)c21. The Labute approximate surface area is 163 Å². The van der Waals surface area contributed by atoms with Gasteiger partial charge in [-0.1, -0.05) is 19.4 Å². The molecule has 8 nitrogen and oxygen atoms in total. The highest BCUT2D eigenvalue weighted by Gasteiger charge is 2.51. The van der Waals surface area contributed by atoms with E-state index < -0.39 is 27.6 Å². The fraction of sp³-hybridized carbons (Fsp3) is 0.474. The zero-order valence-electron chi connectivity index (χ0n) is 16.0. The van der Waals surface area contributed by atoms with Crippen LogP contribution in [-0.4, -0.2) is 43.4 Å². The largest absolute Gasteiger partial charge is 0.480 e. The Hall–Kier alpha value is -2.41. The second-order valence-electron chi connectivity index (χ2n) is 7.17. The van der Waals surface area contributed by atoms with Crippen LogP contribution in [-0.2, 0) is 31.6 Å². The first-order valence-electron chi connectivity index (χ1n) is 9.03. The van der Waals surface area contributed by atoms with E-state index in [1.54, 1.807) is 6.07 Å². The van der Waals surface area contributed by atoms with Crippen LogP contribution in [0.4, 0.5) is 0 Å². The van der Waals surface area contributed by atoms with Crippen LogP contribution in [0.25, 0.3) is 10.9 Å².